The van der Waals surface area contributed by atoms with E-state index in [2.05, 4.69) is 21.2 Å². The molecule has 0 radical (unpaired) electrons. The maximum absolute atomic E-state index is 13.6. The summed E-state index contributed by atoms with van der Waals surface area (Å²) in [5.41, 5.74) is 0.0203. The van der Waals surface area contributed by atoms with Crippen LogP contribution < -0.4 is 5.32 Å². The number of carbonyl (C=O) groups is 1. The van der Waals surface area contributed by atoms with Gasteiger partial charge in [0, 0.05) is 16.5 Å². The van der Waals surface area contributed by atoms with Crippen molar-refractivity contribution in [2.24, 2.45) is 5.92 Å². The summed E-state index contributed by atoms with van der Waals surface area (Å²) in [6, 6.07) is 1.90. The van der Waals surface area contributed by atoms with Gasteiger partial charge >= 0.3 is 0 Å². The molecular formula is C13H14BrF2NO. The molecule has 1 saturated carbocycles. The van der Waals surface area contributed by atoms with Crippen LogP contribution in [0, 0.1) is 17.6 Å². The van der Waals surface area contributed by atoms with Crippen LogP contribution >= 0.6 is 15.9 Å². The number of nitrogens with one attached hydrogen (secondary N) is 1. The summed E-state index contributed by atoms with van der Waals surface area (Å²) in [4.78, 5) is 12.0. The number of hydrogen-bond donors (Lipinski definition) is 1. The third kappa shape index (κ3) is 3.07. The zero-order valence-electron chi connectivity index (χ0n) is 9.81. The molecule has 0 aliphatic heterocycles. The molecule has 18 heavy (non-hydrogen) atoms. The molecule has 0 aromatic heterocycles. The molecule has 1 aliphatic rings. The Hall–Kier alpha value is -0.970. The van der Waals surface area contributed by atoms with E-state index in [9.17, 15) is 13.6 Å². The molecule has 1 aliphatic carbocycles. The number of benzene rings is 1. The third-order valence-corrected chi connectivity index (χ3v) is 3.86. The lowest BCUT2D eigenvalue weighted by molar-refractivity contribution is -0.120. The Labute approximate surface area is 113 Å². The van der Waals surface area contributed by atoms with E-state index in [-0.39, 0.29) is 22.0 Å². The van der Waals surface area contributed by atoms with Gasteiger partial charge in [-0.3, -0.25) is 4.79 Å². The smallest absolute Gasteiger partial charge is 0.227 e. The van der Waals surface area contributed by atoms with E-state index in [1.165, 1.54) is 0 Å². The number of rotatable bonds is 2. The van der Waals surface area contributed by atoms with Gasteiger partial charge in [0.2, 0.25) is 5.91 Å². The minimum absolute atomic E-state index is 0.0203. The van der Waals surface area contributed by atoms with Crippen LogP contribution in [0.4, 0.5) is 14.5 Å². The highest BCUT2D eigenvalue weighted by molar-refractivity contribution is 9.10. The Morgan fingerprint density at radius 3 is 2.50 bits per heavy atom. The second kappa shape index (κ2) is 5.78. The van der Waals surface area contributed by atoms with Gasteiger partial charge in [-0.15, -0.1) is 0 Å². The molecule has 0 atom stereocenters. The molecule has 1 aromatic rings. The fourth-order valence-electron chi connectivity index (χ4n) is 2.25. The molecule has 2 rings (SSSR count). The van der Waals surface area contributed by atoms with Gasteiger partial charge < -0.3 is 5.32 Å². The van der Waals surface area contributed by atoms with E-state index >= 15 is 0 Å². The van der Waals surface area contributed by atoms with Gasteiger partial charge in [0.05, 0.1) is 5.69 Å². The van der Waals surface area contributed by atoms with Crippen LogP contribution in [-0.2, 0) is 4.79 Å². The van der Waals surface area contributed by atoms with Crippen LogP contribution in [-0.4, -0.2) is 5.91 Å². The van der Waals surface area contributed by atoms with Gasteiger partial charge in [0.1, 0.15) is 5.82 Å². The van der Waals surface area contributed by atoms with Gasteiger partial charge in [-0.1, -0.05) is 19.3 Å². The normalized spacial score (nSPS) is 16.6. The molecule has 5 heteroatoms. The van der Waals surface area contributed by atoms with Crippen molar-refractivity contribution in [2.75, 3.05) is 5.32 Å². The van der Waals surface area contributed by atoms with E-state index in [1.807, 2.05) is 0 Å². The molecule has 1 fully saturated rings. The first-order valence-corrected chi connectivity index (χ1v) is 6.82. The van der Waals surface area contributed by atoms with Gasteiger partial charge in [-0.05, 0) is 34.8 Å². The fourth-order valence-corrected chi connectivity index (χ4v) is 2.76. The number of hydrogen-bond acceptors (Lipinski definition) is 1. The molecule has 0 unspecified atom stereocenters. The number of carbonyl (C=O) groups excluding carboxylic acids is 1. The monoisotopic (exact) mass is 317 g/mol. The molecule has 0 bridgehead atoms. The minimum Gasteiger partial charge on any atom is -0.322 e. The summed E-state index contributed by atoms with van der Waals surface area (Å²) in [6.07, 6.45) is 4.90. The standard InChI is InChI=1S/C13H14BrF2NO/c14-10-6-9(15)7-11(16)12(10)17-13(18)8-4-2-1-3-5-8/h6-8H,1-5H2,(H,17,18). The maximum atomic E-state index is 13.6. The first-order chi connectivity index (χ1) is 8.58. The van der Waals surface area contributed by atoms with Crippen molar-refractivity contribution in [3.05, 3.63) is 28.2 Å². The molecule has 1 N–H and O–H groups in total. The van der Waals surface area contributed by atoms with Crippen LogP contribution in [0.5, 0.6) is 0 Å². The van der Waals surface area contributed by atoms with Crippen LogP contribution in [0.1, 0.15) is 32.1 Å². The molecule has 1 amide bonds. The van der Waals surface area contributed by atoms with E-state index in [4.69, 9.17) is 0 Å². The van der Waals surface area contributed by atoms with Crippen molar-refractivity contribution < 1.29 is 13.6 Å². The van der Waals surface area contributed by atoms with E-state index in [1.54, 1.807) is 0 Å². The Kier molecular flexibility index (Phi) is 4.32. The Balaban J connectivity index is 2.11. The molecule has 2 nitrogen and oxygen atoms in total. The maximum Gasteiger partial charge on any atom is 0.227 e. The quantitative estimate of drug-likeness (QED) is 0.868. The average molecular weight is 318 g/mol. The average Bonchev–Trinajstić information content (AvgIpc) is 2.34. The zero-order valence-corrected chi connectivity index (χ0v) is 11.4. The summed E-state index contributed by atoms with van der Waals surface area (Å²) < 4.78 is 26.7. The Bertz CT molecular complexity index is 435. The SMILES string of the molecule is O=C(Nc1c(F)cc(F)cc1Br)C1CCCCC1. The number of anilines is 1. The first-order valence-electron chi connectivity index (χ1n) is 6.03. The fraction of sp³-hybridized carbons (Fsp3) is 0.462. The van der Waals surface area contributed by atoms with Gasteiger partial charge in [0.25, 0.3) is 0 Å². The molecule has 0 heterocycles. The van der Waals surface area contributed by atoms with Crippen molar-refractivity contribution >= 4 is 27.5 Å². The second-order valence-corrected chi connectivity index (χ2v) is 5.42. The lowest BCUT2D eigenvalue weighted by atomic mass is 9.88. The molecular weight excluding hydrogens is 304 g/mol. The summed E-state index contributed by atoms with van der Waals surface area (Å²) in [6.45, 7) is 0. The van der Waals surface area contributed by atoms with Crippen LogP contribution in [0.15, 0.2) is 16.6 Å². The zero-order chi connectivity index (χ0) is 13.1. The summed E-state index contributed by atoms with van der Waals surface area (Å²) in [5, 5.41) is 2.55. The van der Waals surface area contributed by atoms with Crippen molar-refractivity contribution in [2.45, 2.75) is 32.1 Å². The predicted octanol–water partition coefficient (Wildman–Crippen LogP) is 4.25. The van der Waals surface area contributed by atoms with Gasteiger partial charge in [-0.25, -0.2) is 8.78 Å². The highest BCUT2D eigenvalue weighted by Gasteiger charge is 2.22. The van der Waals surface area contributed by atoms with Gasteiger partial charge in [0.15, 0.2) is 5.82 Å². The predicted molar refractivity (Wildman–Crippen MR) is 69.3 cm³/mol. The van der Waals surface area contributed by atoms with Crippen molar-refractivity contribution in [1.29, 1.82) is 0 Å². The molecule has 1 aromatic carbocycles. The largest absolute Gasteiger partial charge is 0.322 e. The summed E-state index contributed by atoms with van der Waals surface area (Å²) >= 11 is 3.06. The number of halogens is 3. The lowest BCUT2D eigenvalue weighted by Crippen LogP contribution is -2.25. The van der Waals surface area contributed by atoms with E-state index in [0.717, 1.165) is 44.2 Å². The molecule has 0 spiro atoms. The van der Waals surface area contributed by atoms with Crippen LogP contribution in [0.3, 0.4) is 0 Å². The highest BCUT2D eigenvalue weighted by Crippen LogP contribution is 2.29. The molecule has 0 saturated heterocycles. The van der Waals surface area contributed by atoms with E-state index < -0.39 is 11.6 Å². The third-order valence-electron chi connectivity index (χ3n) is 3.23. The van der Waals surface area contributed by atoms with Crippen molar-refractivity contribution in [1.82, 2.24) is 0 Å². The van der Waals surface area contributed by atoms with Crippen LogP contribution in [0.2, 0.25) is 0 Å². The lowest BCUT2D eigenvalue weighted by Gasteiger charge is -2.21. The summed E-state index contributed by atoms with van der Waals surface area (Å²) in [7, 11) is 0. The summed E-state index contributed by atoms with van der Waals surface area (Å²) in [5.74, 6) is -1.67. The Morgan fingerprint density at radius 2 is 1.89 bits per heavy atom. The number of amides is 1. The van der Waals surface area contributed by atoms with Crippen molar-refractivity contribution in [3.8, 4) is 0 Å². The van der Waals surface area contributed by atoms with Gasteiger partial charge in [-0.2, -0.15) is 0 Å². The molecule has 98 valence electrons. The minimum atomic E-state index is -0.758. The van der Waals surface area contributed by atoms with E-state index in [0.29, 0.717) is 0 Å². The van der Waals surface area contributed by atoms with Crippen molar-refractivity contribution in [3.63, 3.8) is 0 Å². The highest BCUT2D eigenvalue weighted by atomic mass is 79.9. The Morgan fingerprint density at radius 1 is 1.22 bits per heavy atom. The first kappa shape index (κ1) is 13.5. The topological polar surface area (TPSA) is 29.1 Å². The van der Waals surface area contributed by atoms with Crippen LogP contribution in [0.25, 0.3) is 0 Å². The second-order valence-electron chi connectivity index (χ2n) is 4.57.